The topological polar surface area (TPSA) is 101 Å². The van der Waals surface area contributed by atoms with Crippen LogP contribution in [-0.4, -0.2) is 78.2 Å². The number of rotatable bonds is 5. The van der Waals surface area contributed by atoms with Crippen molar-refractivity contribution in [2.45, 2.75) is 43.6 Å². The fraction of sp³-hybridized carbons (Fsp3) is 0.480. The molecule has 0 unspecified atom stereocenters. The van der Waals surface area contributed by atoms with Gasteiger partial charge in [-0.25, -0.2) is 0 Å². The first-order chi connectivity index (χ1) is 17.0. The molecule has 3 amide bonds. The molecule has 3 fully saturated rings. The van der Waals surface area contributed by atoms with Crippen molar-refractivity contribution < 1.29 is 28.3 Å². The average Bonchev–Trinajstić information content (AvgIpc) is 3.64. The minimum atomic E-state index is -0.999. The number of hydrogen-bond donors (Lipinski definition) is 1. The van der Waals surface area contributed by atoms with E-state index in [9.17, 15) is 14.4 Å². The summed E-state index contributed by atoms with van der Waals surface area (Å²) in [5.74, 6) is -0.673. The molecular weight excluding hydrogens is 474 g/mol. The van der Waals surface area contributed by atoms with Gasteiger partial charge in [0.05, 0.1) is 19.0 Å². The highest BCUT2D eigenvalue weighted by atomic mass is 35.5. The Kier molecular flexibility index (Phi) is 6.82. The third-order valence-corrected chi connectivity index (χ3v) is 7.18. The molecule has 1 aromatic heterocycles. The molecule has 5 rings (SSSR count). The molecule has 10 heteroatoms. The summed E-state index contributed by atoms with van der Waals surface area (Å²) in [4.78, 5) is 42.9. The van der Waals surface area contributed by atoms with Crippen LogP contribution in [0.15, 0.2) is 47.1 Å². The van der Waals surface area contributed by atoms with Gasteiger partial charge in [0.15, 0.2) is 5.76 Å². The molecule has 0 aliphatic carbocycles. The minimum Gasteiger partial charge on any atom is -0.459 e. The normalized spacial score (nSPS) is 23.6. The van der Waals surface area contributed by atoms with E-state index in [0.29, 0.717) is 49.7 Å². The second kappa shape index (κ2) is 10.0. The van der Waals surface area contributed by atoms with Gasteiger partial charge in [-0.1, -0.05) is 17.7 Å². The molecule has 0 bridgehead atoms. The standard InChI is InChI=1S/C25H28ClN3O6/c26-18-5-1-4-17(14-18)23(31)28-10-8-25(9-11-28)29(24(32)21-7-3-13-34-21)20(16-35-25)22(30)27-15-19-6-2-12-33-19/h1,3-5,7,13-14,19-20H,2,6,8-12,15-16H2,(H,27,30)/t19-,20+/m1/s1. The van der Waals surface area contributed by atoms with Gasteiger partial charge in [-0.2, -0.15) is 0 Å². The molecule has 3 saturated heterocycles. The molecule has 1 aromatic carbocycles. The summed E-state index contributed by atoms with van der Waals surface area (Å²) in [7, 11) is 0. The maximum absolute atomic E-state index is 13.5. The maximum atomic E-state index is 13.5. The number of amides is 3. The predicted molar refractivity (Wildman–Crippen MR) is 126 cm³/mol. The molecule has 1 N–H and O–H groups in total. The summed E-state index contributed by atoms with van der Waals surface area (Å²) in [6, 6.07) is 9.24. The zero-order chi connectivity index (χ0) is 24.4. The maximum Gasteiger partial charge on any atom is 0.292 e. The van der Waals surface area contributed by atoms with Crippen molar-refractivity contribution >= 4 is 29.3 Å². The van der Waals surface area contributed by atoms with Gasteiger partial charge in [0.2, 0.25) is 5.91 Å². The second-order valence-electron chi connectivity index (χ2n) is 9.11. The molecule has 3 aliphatic heterocycles. The lowest BCUT2D eigenvalue weighted by molar-refractivity contribution is -0.128. The monoisotopic (exact) mass is 501 g/mol. The predicted octanol–water partition coefficient (Wildman–Crippen LogP) is 2.70. The lowest BCUT2D eigenvalue weighted by atomic mass is 9.96. The van der Waals surface area contributed by atoms with E-state index in [1.807, 2.05) is 0 Å². The van der Waals surface area contributed by atoms with Gasteiger partial charge in [0.25, 0.3) is 11.8 Å². The number of benzene rings is 1. The Bertz CT molecular complexity index is 1080. The highest BCUT2D eigenvalue weighted by Gasteiger charge is 2.54. The van der Waals surface area contributed by atoms with Gasteiger partial charge in [0.1, 0.15) is 11.8 Å². The number of likely N-dealkylation sites (tertiary alicyclic amines) is 1. The molecule has 1 spiro atoms. The number of nitrogens with zero attached hydrogens (tertiary/aromatic N) is 2. The zero-order valence-electron chi connectivity index (χ0n) is 19.3. The number of carbonyl (C=O) groups is 3. The van der Waals surface area contributed by atoms with Gasteiger partial charge in [-0.05, 0) is 43.2 Å². The highest BCUT2D eigenvalue weighted by molar-refractivity contribution is 6.30. The van der Waals surface area contributed by atoms with E-state index in [1.165, 1.54) is 11.2 Å². The van der Waals surface area contributed by atoms with E-state index in [4.69, 9.17) is 25.5 Å². The molecule has 9 nitrogen and oxygen atoms in total. The third kappa shape index (κ3) is 4.80. The first-order valence-electron chi connectivity index (χ1n) is 11.9. The van der Waals surface area contributed by atoms with Crippen molar-refractivity contribution in [2.75, 3.05) is 32.8 Å². The number of hydrogen-bond acceptors (Lipinski definition) is 6. The summed E-state index contributed by atoms with van der Waals surface area (Å²) >= 11 is 6.05. The minimum absolute atomic E-state index is 0.00908. The quantitative estimate of drug-likeness (QED) is 0.676. The molecule has 35 heavy (non-hydrogen) atoms. The van der Waals surface area contributed by atoms with Crippen LogP contribution in [0.5, 0.6) is 0 Å². The second-order valence-corrected chi connectivity index (χ2v) is 9.54. The third-order valence-electron chi connectivity index (χ3n) is 6.95. The average molecular weight is 502 g/mol. The Labute approximate surface area is 208 Å². The van der Waals surface area contributed by atoms with E-state index >= 15 is 0 Å². The lowest BCUT2D eigenvalue weighted by Gasteiger charge is -2.44. The van der Waals surface area contributed by atoms with Crippen LogP contribution in [0.1, 0.15) is 46.6 Å². The largest absolute Gasteiger partial charge is 0.459 e. The number of ether oxygens (including phenoxy) is 2. The van der Waals surface area contributed by atoms with Crippen molar-refractivity contribution in [3.63, 3.8) is 0 Å². The number of nitrogens with one attached hydrogen (secondary N) is 1. The molecular formula is C25H28ClN3O6. The summed E-state index contributed by atoms with van der Waals surface area (Å²) in [5.41, 5.74) is -0.489. The van der Waals surface area contributed by atoms with E-state index in [0.717, 1.165) is 12.8 Å². The lowest BCUT2D eigenvalue weighted by Crippen LogP contribution is -2.60. The van der Waals surface area contributed by atoms with E-state index in [2.05, 4.69) is 5.32 Å². The molecule has 4 heterocycles. The first kappa shape index (κ1) is 23.8. The van der Waals surface area contributed by atoms with Crippen molar-refractivity contribution in [3.05, 3.63) is 59.0 Å². The van der Waals surface area contributed by atoms with E-state index in [-0.39, 0.29) is 30.3 Å². The highest BCUT2D eigenvalue weighted by Crippen LogP contribution is 2.39. The Morgan fingerprint density at radius 2 is 1.94 bits per heavy atom. The molecule has 0 radical (unpaired) electrons. The van der Waals surface area contributed by atoms with Gasteiger partial charge in [0, 0.05) is 49.7 Å². The van der Waals surface area contributed by atoms with Crippen LogP contribution in [0.4, 0.5) is 0 Å². The number of furan rings is 1. The van der Waals surface area contributed by atoms with Crippen LogP contribution < -0.4 is 5.32 Å². The van der Waals surface area contributed by atoms with Crippen LogP contribution in [0.2, 0.25) is 5.02 Å². The first-order valence-corrected chi connectivity index (χ1v) is 12.3. The Morgan fingerprint density at radius 3 is 2.63 bits per heavy atom. The number of halogens is 1. The Balaban J connectivity index is 1.32. The summed E-state index contributed by atoms with van der Waals surface area (Å²) in [6.07, 6.45) is 4.05. The summed E-state index contributed by atoms with van der Waals surface area (Å²) in [5, 5.41) is 3.42. The van der Waals surface area contributed by atoms with Crippen molar-refractivity contribution in [2.24, 2.45) is 0 Å². The van der Waals surface area contributed by atoms with Gasteiger partial charge >= 0.3 is 0 Å². The SMILES string of the molecule is O=C(NC[C@H]1CCCO1)[C@@H]1COC2(CCN(C(=O)c3cccc(Cl)c3)CC2)N1C(=O)c1ccco1. The summed E-state index contributed by atoms with van der Waals surface area (Å²) in [6.45, 7) is 1.91. The van der Waals surface area contributed by atoms with Crippen LogP contribution in [0.3, 0.4) is 0 Å². The van der Waals surface area contributed by atoms with Gasteiger partial charge in [-0.3, -0.25) is 19.3 Å². The zero-order valence-corrected chi connectivity index (χ0v) is 20.0. The fourth-order valence-electron chi connectivity index (χ4n) is 5.09. The number of piperidine rings is 1. The smallest absolute Gasteiger partial charge is 0.292 e. The molecule has 2 aromatic rings. The van der Waals surface area contributed by atoms with Crippen LogP contribution in [0, 0.1) is 0 Å². The van der Waals surface area contributed by atoms with E-state index < -0.39 is 17.7 Å². The van der Waals surface area contributed by atoms with Crippen molar-refractivity contribution in [1.29, 1.82) is 0 Å². The number of carbonyl (C=O) groups excluding carboxylic acids is 3. The van der Waals surface area contributed by atoms with Crippen LogP contribution >= 0.6 is 11.6 Å². The summed E-state index contributed by atoms with van der Waals surface area (Å²) < 4.78 is 17.1. The van der Waals surface area contributed by atoms with Crippen molar-refractivity contribution in [1.82, 2.24) is 15.1 Å². The fourth-order valence-corrected chi connectivity index (χ4v) is 5.28. The molecule has 3 aliphatic rings. The van der Waals surface area contributed by atoms with Crippen LogP contribution in [0.25, 0.3) is 0 Å². The van der Waals surface area contributed by atoms with Gasteiger partial charge < -0.3 is 24.1 Å². The molecule has 186 valence electrons. The Hall–Kier alpha value is -2.88. The van der Waals surface area contributed by atoms with Crippen molar-refractivity contribution in [3.8, 4) is 0 Å². The van der Waals surface area contributed by atoms with Gasteiger partial charge in [-0.15, -0.1) is 0 Å². The van der Waals surface area contributed by atoms with Crippen LogP contribution in [-0.2, 0) is 14.3 Å². The Morgan fingerprint density at radius 1 is 1.11 bits per heavy atom. The molecule has 0 saturated carbocycles. The molecule has 2 atom stereocenters. The van der Waals surface area contributed by atoms with E-state index in [1.54, 1.807) is 41.3 Å².